The molecule has 3 aromatic rings. The van der Waals surface area contributed by atoms with Gasteiger partial charge in [-0.25, -0.2) is 41.3 Å². The highest BCUT2D eigenvalue weighted by atomic mass is 31.1. The zero-order chi connectivity index (χ0) is 52.8. The fraction of sp³-hybridized carbons (Fsp3) is 0.679. The summed E-state index contributed by atoms with van der Waals surface area (Å²) in [7, 11) is 1.38. The molecule has 2 unspecified atom stereocenters. The quantitative estimate of drug-likeness (QED) is 0.170. The second kappa shape index (κ2) is 20.9. The van der Waals surface area contributed by atoms with Gasteiger partial charge in [0, 0.05) is 89.5 Å². The Hall–Kier alpha value is -0.240. The maximum absolute atomic E-state index is 6.79. The average molecular weight is 1120 g/mol. The van der Waals surface area contributed by atoms with Crippen molar-refractivity contribution in [3.05, 3.63) is 72.3 Å². The maximum Gasteiger partial charge on any atom is 0.163 e. The molecule has 0 spiro atoms. The lowest BCUT2D eigenvalue weighted by atomic mass is 10.1. The number of fused-ring (bicyclic) bond motifs is 2. The lowest BCUT2D eigenvalue weighted by Gasteiger charge is -2.37. The molecule has 12 nitrogen and oxygen atoms in total. The number of hydrogen-bond donors (Lipinski definition) is 3. The maximum atomic E-state index is 6.79. The van der Waals surface area contributed by atoms with Crippen LogP contribution >= 0.6 is 47.5 Å². The standard InChI is InChI=1S/C56H88N8O4P6/c1-32-51-52(66-55(13,14)65-51)33(2)69(32)49-28-27-44(29-50(49)70-34(3)53-54(35(70)4)68-56(15,16)67-53)30-63-42(11)74(48-26-22-21-25-47(48)73-39(8)60(17)61(18)40(73)9)43(12)64(63)31-62-41(10)72(38(7)59-62)46-24-20-19-23-45(46)71-36(5)57-58-37(71)6/h19-29,32-43,51-54,57-59H,30-31H2,1-18H3/t32-,33-,34-,35-,36-,37-,38-,39-,40-,41-,42-,43-,51-,52-,53-,54-,72?,74?/m1/s1. The molecule has 0 aromatic heterocycles. The van der Waals surface area contributed by atoms with E-state index in [1.54, 1.807) is 31.8 Å². The van der Waals surface area contributed by atoms with Gasteiger partial charge in [0.25, 0.3) is 0 Å². The number of hydrogen-bond acceptors (Lipinski definition) is 12. The predicted molar refractivity (Wildman–Crippen MR) is 319 cm³/mol. The van der Waals surface area contributed by atoms with Gasteiger partial charge in [-0.2, -0.15) is 0 Å². The summed E-state index contributed by atoms with van der Waals surface area (Å²) in [5.74, 6) is 2.06. The summed E-state index contributed by atoms with van der Waals surface area (Å²) in [6, 6.07) is 26.9. The largest absolute Gasteiger partial charge is 0.344 e. The van der Waals surface area contributed by atoms with Crippen molar-refractivity contribution < 1.29 is 18.9 Å². The Bertz CT molecular complexity index is 2490. The monoisotopic (exact) mass is 1120 g/mol. The van der Waals surface area contributed by atoms with Gasteiger partial charge in [-0.15, -0.1) is 0 Å². The van der Waals surface area contributed by atoms with Crippen LogP contribution in [0.25, 0.3) is 0 Å². The molecule has 406 valence electrons. The van der Waals surface area contributed by atoms with E-state index in [1.165, 1.54) is 5.56 Å². The van der Waals surface area contributed by atoms with Crippen LogP contribution in [0.4, 0.5) is 0 Å². The van der Waals surface area contributed by atoms with Gasteiger partial charge in [0.2, 0.25) is 0 Å². The fourth-order valence-electron chi connectivity index (χ4n) is 14.7. The highest BCUT2D eigenvalue weighted by Gasteiger charge is 2.60. The number of nitrogens with zero attached hydrogens (tertiary/aromatic N) is 5. The molecule has 0 radical (unpaired) electrons. The smallest absolute Gasteiger partial charge is 0.163 e. The van der Waals surface area contributed by atoms with Crippen LogP contribution in [0.15, 0.2) is 66.7 Å². The lowest BCUT2D eigenvalue weighted by molar-refractivity contribution is -0.147. The molecule has 0 amide bonds. The van der Waals surface area contributed by atoms with Crippen LogP contribution in [0.2, 0.25) is 0 Å². The molecule has 0 bridgehead atoms. The molecular formula is C56H88N8O4P6. The summed E-state index contributed by atoms with van der Waals surface area (Å²) < 4.78 is 27.0. The van der Waals surface area contributed by atoms with E-state index in [0.717, 1.165) is 13.2 Å². The van der Waals surface area contributed by atoms with Crippen LogP contribution in [0, 0.1) is 0 Å². The number of ether oxygens (including phenoxy) is 4. The van der Waals surface area contributed by atoms with Crippen molar-refractivity contribution in [2.24, 2.45) is 0 Å². The first-order valence-electron chi connectivity index (χ1n) is 27.7. The Labute approximate surface area is 452 Å². The second-order valence-corrected chi connectivity index (χ2v) is 40.8. The molecular weight excluding hydrogens is 1030 g/mol. The van der Waals surface area contributed by atoms with Gasteiger partial charge in [-0.3, -0.25) is 0 Å². The van der Waals surface area contributed by atoms with Crippen LogP contribution < -0.4 is 48.1 Å². The Morgan fingerprint density at radius 2 is 0.824 bits per heavy atom. The molecule has 8 heterocycles. The van der Waals surface area contributed by atoms with Gasteiger partial charge in [0.05, 0.1) is 31.1 Å². The molecule has 3 N–H and O–H groups in total. The topological polar surface area (TPSA) is 89.2 Å². The van der Waals surface area contributed by atoms with E-state index < -0.39 is 59.1 Å². The number of nitrogens with one attached hydrogen (secondary N) is 3. The van der Waals surface area contributed by atoms with Gasteiger partial charge in [0.15, 0.2) is 11.6 Å². The van der Waals surface area contributed by atoms with Gasteiger partial charge in [0.1, 0.15) is 0 Å². The van der Waals surface area contributed by atoms with Gasteiger partial charge in [-0.05, 0) is 158 Å². The number of rotatable bonds is 10. The summed E-state index contributed by atoms with van der Waals surface area (Å²) in [4.78, 5) is 0. The molecule has 8 saturated heterocycles. The normalized spacial score (nSPS) is 41.6. The number of benzene rings is 3. The van der Waals surface area contributed by atoms with Crippen LogP contribution in [0.3, 0.4) is 0 Å². The zero-order valence-electron chi connectivity index (χ0n) is 47.6. The first-order chi connectivity index (χ1) is 35.0. The summed E-state index contributed by atoms with van der Waals surface area (Å²) >= 11 is 0. The lowest BCUT2D eigenvalue weighted by Crippen LogP contribution is -2.52. The van der Waals surface area contributed by atoms with E-state index >= 15 is 0 Å². The van der Waals surface area contributed by atoms with E-state index in [2.05, 4.69) is 233 Å². The van der Waals surface area contributed by atoms with E-state index in [4.69, 9.17) is 18.9 Å². The Morgan fingerprint density at radius 1 is 0.432 bits per heavy atom. The molecule has 0 aliphatic carbocycles. The van der Waals surface area contributed by atoms with Crippen LogP contribution in [-0.2, 0) is 25.5 Å². The van der Waals surface area contributed by atoms with E-state index in [0.29, 0.717) is 68.9 Å². The second-order valence-electron chi connectivity index (χ2n) is 23.7. The third-order valence-corrected chi connectivity index (χ3v) is 37.7. The highest BCUT2D eigenvalue weighted by molar-refractivity contribution is 7.75. The van der Waals surface area contributed by atoms with Crippen molar-refractivity contribution >= 4 is 79.4 Å². The molecule has 8 aliphatic rings. The van der Waals surface area contributed by atoms with Crippen LogP contribution in [0.5, 0.6) is 0 Å². The molecule has 11 rings (SSSR count). The molecule has 8 aliphatic heterocycles. The van der Waals surface area contributed by atoms with E-state index in [1.807, 2.05) is 0 Å². The number of hydrazine groups is 4. The minimum Gasteiger partial charge on any atom is -0.344 e. The minimum atomic E-state index is -0.632. The predicted octanol–water partition coefficient (Wildman–Crippen LogP) is 8.83. The molecule has 8 fully saturated rings. The Morgan fingerprint density at radius 3 is 1.30 bits per heavy atom. The zero-order valence-corrected chi connectivity index (χ0v) is 52.9. The average Bonchev–Trinajstić information content (AvgIpc) is 4.20. The van der Waals surface area contributed by atoms with Crippen molar-refractivity contribution in [2.75, 3.05) is 20.8 Å². The molecule has 18 atom stereocenters. The summed E-state index contributed by atoms with van der Waals surface area (Å²) in [5.41, 5.74) is 14.3. The first-order valence-corrected chi connectivity index (χ1v) is 36.6. The Balaban J connectivity index is 0.972. The van der Waals surface area contributed by atoms with Crippen molar-refractivity contribution in [3.63, 3.8) is 0 Å². The molecule has 3 aromatic carbocycles. The summed E-state index contributed by atoms with van der Waals surface area (Å²) in [6.45, 7) is 39.6. The third kappa shape index (κ3) is 9.38. The Kier molecular flexibility index (Phi) is 15.8. The van der Waals surface area contributed by atoms with Crippen molar-refractivity contribution in [1.29, 1.82) is 0 Å². The minimum absolute atomic E-state index is 0.0972. The molecule has 18 heteroatoms. The third-order valence-electron chi connectivity index (χ3n) is 18.4. The summed E-state index contributed by atoms with van der Waals surface area (Å²) in [6.07, 6.45) is 0.417. The van der Waals surface area contributed by atoms with E-state index in [9.17, 15) is 0 Å². The van der Waals surface area contributed by atoms with Crippen molar-refractivity contribution in [3.8, 4) is 0 Å². The molecule has 0 saturated carbocycles. The highest BCUT2D eigenvalue weighted by Crippen LogP contribution is 2.65. The van der Waals surface area contributed by atoms with Gasteiger partial charge in [-0.1, -0.05) is 104 Å². The summed E-state index contributed by atoms with van der Waals surface area (Å²) in [5, 5.41) is 22.8. The van der Waals surface area contributed by atoms with Crippen molar-refractivity contribution in [1.82, 2.24) is 41.3 Å². The van der Waals surface area contributed by atoms with Crippen LogP contribution in [-0.4, -0.2) is 151 Å². The van der Waals surface area contributed by atoms with Crippen molar-refractivity contribution in [2.45, 2.75) is 222 Å². The first kappa shape index (κ1) is 55.7. The van der Waals surface area contributed by atoms with Crippen LogP contribution in [0.1, 0.15) is 116 Å². The molecule has 74 heavy (non-hydrogen) atoms. The SMILES string of the molecule is C[C@@H]1NN[C@@H](C)P1c1ccccc1P1[C@H](C)NN(CN2[C@@H](C)P(c3ccccc3P3[C@H](C)N(C)N(C)[C@H]3C)[C@H](C)N2Cc2ccc(P3[C@H](C)[C@H]4OC(C)(C)O[C@@H]4[C@H]3C)c(P3[C@H](C)[C@H]4OC(C)(C)O[C@@H]4[C@H]3C)c2)[C@H]1C. The van der Waals surface area contributed by atoms with E-state index in [-0.39, 0.29) is 24.4 Å². The van der Waals surface area contributed by atoms with Gasteiger partial charge >= 0.3 is 0 Å². The fourth-order valence-corrected chi connectivity index (χ4v) is 34.8. The van der Waals surface area contributed by atoms with Gasteiger partial charge < -0.3 is 18.9 Å².